The Morgan fingerprint density at radius 3 is 2.26 bits per heavy atom. The Bertz CT molecular complexity index is 1020. The molecule has 1 aliphatic rings. The number of benzene rings is 2. The summed E-state index contributed by atoms with van der Waals surface area (Å²) in [5.41, 5.74) is -0.663. The van der Waals surface area contributed by atoms with Crippen molar-refractivity contribution in [3.8, 4) is 5.75 Å². The second kappa shape index (κ2) is 9.27. The van der Waals surface area contributed by atoms with Gasteiger partial charge in [-0.2, -0.15) is 17.5 Å². The summed E-state index contributed by atoms with van der Waals surface area (Å²) in [6.45, 7) is 2.29. The molecule has 1 amide bonds. The first-order valence-electron chi connectivity index (χ1n) is 9.83. The van der Waals surface area contributed by atoms with Crippen molar-refractivity contribution in [2.75, 3.05) is 18.4 Å². The molecule has 0 saturated carbocycles. The molecule has 0 aliphatic carbocycles. The lowest BCUT2D eigenvalue weighted by molar-refractivity contribution is -0.140. The summed E-state index contributed by atoms with van der Waals surface area (Å²) in [5, 5.41) is 2.52. The fraction of sp³-hybridized carbons (Fsp3) is 0.381. The summed E-state index contributed by atoms with van der Waals surface area (Å²) < 4.78 is 71.3. The number of piperidine rings is 1. The van der Waals surface area contributed by atoms with Crippen LogP contribution >= 0.6 is 0 Å². The van der Waals surface area contributed by atoms with Crippen LogP contribution in [0.3, 0.4) is 0 Å². The molecule has 1 fully saturated rings. The number of halogens is 3. The fourth-order valence-corrected chi connectivity index (χ4v) is 4.77. The third-order valence-electron chi connectivity index (χ3n) is 4.94. The lowest BCUT2D eigenvalue weighted by Gasteiger charge is -2.25. The lowest BCUT2D eigenvalue weighted by atomic mass is 10.2. The van der Waals surface area contributed by atoms with E-state index in [4.69, 9.17) is 4.74 Å². The molecule has 168 valence electrons. The number of amides is 1. The highest BCUT2D eigenvalue weighted by Crippen LogP contribution is 2.36. The zero-order valence-electron chi connectivity index (χ0n) is 16.9. The highest BCUT2D eigenvalue weighted by molar-refractivity contribution is 7.89. The molecule has 1 saturated heterocycles. The second-order valence-electron chi connectivity index (χ2n) is 7.23. The monoisotopic (exact) mass is 456 g/mol. The number of ether oxygens (including phenoxy) is 1. The van der Waals surface area contributed by atoms with Crippen LogP contribution in [0, 0.1) is 0 Å². The molecule has 0 radical (unpaired) electrons. The third kappa shape index (κ3) is 5.56. The molecule has 2 aromatic rings. The normalized spacial score (nSPS) is 16.5. The molecule has 1 atom stereocenters. The Balaban J connectivity index is 1.66. The third-order valence-corrected chi connectivity index (χ3v) is 6.85. The van der Waals surface area contributed by atoms with Gasteiger partial charge in [0, 0.05) is 18.8 Å². The molecule has 0 aromatic heterocycles. The minimum atomic E-state index is -4.61. The molecule has 10 heteroatoms. The van der Waals surface area contributed by atoms with Crippen LogP contribution in [0.1, 0.15) is 31.7 Å². The Hall–Kier alpha value is -2.59. The molecule has 1 aliphatic heterocycles. The number of sulfonamides is 1. The van der Waals surface area contributed by atoms with Gasteiger partial charge < -0.3 is 10.1 Å². The summed E-state index contributed by atoms with van der Waals surface area (Å²) in [6.07, 6.45) is -3.17. The van der Waals surface area contributed by atoms with Crippen LogP contribution in [-0.2, 0) is 21.0 Å². The van der Waals surface area contributed by atoms with Gasteiger partial charge in [-0.1, -0.05) is 18.6 Å². The van der Waals surface area contributed by atoms with Crippen LogP contribution in [-0.4, -0.2) is 37.8 Å². The number of hydrogen-bond donors (Lipinski definition) is 1. The van der Waals surface area contributed by atoms with Crippen LogP contribution < -0.4 is 10.1 Å². The number of anilines is 1. The number of nitrogens with zero attached hydrogens (tertiary/aromatic N) is 1. The largest absolute Gasteiger partial charge is 0.480 e. The SMILES string of the molecule is CC(Oc1ccccc1C(F)(F)F)C(=O)Nc1ccc(S(=O)(=O)N2CCCCC2)cc1. The Kier molecular flexibility index (Phi) is 6.90. The zero-order valence-corrected chi connectivity index (χ0v) is 17.7. The number of para-hydroxylation sites is 1. The van der Waals surface area contributed by atoms with E-state index in [0.29, 0.717) is 18.8 Å². The average molecular weight is 456 g/mol. The first-order chi connectivity index (χ1) is 14.6. The maximum atomic E-state index is 13.1. The van der Waals surface area contributed by atoms with Crippen molar-refractivity contribution < 1.29 is 31.1 Å². The van der Waals surface area contributed by atoms with E-state index in [0.717, 1.165) is 31.4 Å². The topological polar surface area (TPSA) is 75.7 Å². The van der Waals surface area contributed by atoms with E-state index in [2.05, 4.69) is 5.32 Å². The number of carbonyl (C=O) groups is 1. The van der Waals surface area contributed by atoms with Gasteiger partial charge in [-0.15, -0.1) is 0 Å². The molecule has 31 heavy (non-hydrogen) atoms. The Labute approximate surface area is 179 Å². The van der Waals surface area contributed by atoms with Crippen molar-refractivity contribution in [1.29, 1.82) is 0 Å². The molecular formula is C21H23F3N2O4S. The minimum Gasteiger partial charge on any atom is -0.480 e. The Morgan fingerprint density at radius 2 is 1.65 bits per heavy atom. The first kappa shape index (κ1) is 23.1. The predicted molar refractivity (Wildman–Crippen MR) is 109 cm³/mol. The van der Waals surface area contributed by atoms with Crippen molar-refractivity contribution in [2.24, 2.45) is 0 Å². The average Bonchev–Trinajstić information content (AvgIpc) is 2.74. The highest BCUT2D eigenvalue weighted by atomic mass is 32.2. The van der Waals surface area contributed by atoms with Gasteiger partial charge in [0.25, 0.3) is 5.91 Å². The Morgan fingerprint density at radius 1 is 1.03 bits per heavy atom. The summed E-state index contributed by atoms with van der Waals surface area (Å²) in [5.74, 6) is -1.11. The molecular weight excluding hydrogens is 433 g/mol. The van der Waals surface area contributed by atoms with Crippen LogP contribution in [0.4, 0.5) is 18.9 Å². The van der Waals surface area contributed by atoms with Crippen molar-refractivity contribution in [3.05, 3.63) is 54.1 Å². The smallest absolute Gasteiger partial charge is 0.419 e. The zero-order chi connectivity index (χ0) is 22.6. The first-order valence-corrected chi connectivity index (χ1v) is 11.3. The molecule has 1 N–H and O–H groups in total. The summed E-state index contributed by atoms with van der Waals surface area (Å²) >= 11 is 0. The van der Waals surface area contributed by atoms with Gasteiger partial charge in [-0.3, -0.25) is 4.79 Å². The summed E-state index contributed by atoms with van der Waals surface area (Å²) in [4.78, 5) is 12.5. The van der Waals surface area contributed by atoms with Gasteiger partial charge in [0.05, 0.1) is 10.5 Å². The minimum absolute atomic E-state index is 0.121. The number of hydrogen-bond acceptors (Lipinski definition) is 4. The molecule has 2 aromatic carbocycles. The number of rotatable bonds is 6. The standard InChI is InChI=1S/C21H23F3N2O4S/c1-15(30-19-8-4-3-7-18(19)21(22,23)24)20(27)25-16-9-11-17(12-10-16)31(28,29)26-13-5-2-6-14-26/h3-4,7-12,15H,2,5-6,13-14H2,1H3,(H,25,27). The molecule has 1 unspecified atom stereocenters. The van der Waals surface area contributed by atoms with Gasteiger partial charge in [-0.05, 0) is 56.2 Å². The van der Waals surface area contributed by atoms with Gasteiger partial charge in [0.1, 0.15) is 5.75 Å². The molecule has 3 rings (SSSR count). The van der Waals surface area contributed by atoms with Gasteiger partial charge in [-0.25, -0.2) is 8.42 Å². The van der Waals surface area contributed by atoms with Crippen molar-refractivity contribution >= 4 is 21.6 Å². The fourth-order valence-electron chi connectivity index (χ4n) is 3.26. The van der Waals surface area contributed by atoms with Crippen molar-refractivity contribution in [1.82, 2.24) is 4.31 Å². The highest BCUT2D eigenvalue weighted by Gasteiger charge is 2.35. The van der Waals surface area contributed by atoms with E-state index in [1.165, 1.54) is 47.6 Å². The van der Waals surface area contributed by atoms with E-state index in [-0.39, 0.29) is 4.90 Å². The maximum Gasteiger partial charge on any atom is 0.419 e. The maximum absolute atomic E-state index is 13.1. The van der Waals surface area contributed by atoms with E-state index >= 15 is 0 Å². The lowest BCUT2D eigenvalue weighted by Crippen LogP contribution is -2.35. The summed E-state index contributed by atoms with van der Waals surface area (Å²) in [7, 11) is -3.59. The quantitative estimate of drug-likeness (QED) is 0.704. The van der Waals surface area contributed by atoms with Crippen molar-refractivity contribution in [3.63, 3.8) is 0 Å². The van der Waals surface area contributed by atoms with Crippen LogP contribution in [0.2, 0.25) is 0 Å². The number of carbonyl (C=O) groups excluding carboxylic acids is 1. The van der Waals surface area contributed by atoms with Crippen LogP contribution in [0.15, 0.2) is 53.4 Å². The van der Waals surface area contributed by atoms with E-state index in [1.54, 1.807) is 0 Å². The van der Waals surface area contributed by atoms with E-state index < -0.39 is 39.5 Å². The van der Waals surface area contributed by atoms with Gasteiger partial charge >= 0.3 is 6.18 Å². The van der Waals surface area contributed by atoms with Gasteiger partial charge in [0.2, 0.25) is 10.0 Å². The van der Waals surface area contributed by atoms with Crippen molar-refractivity contribution in [2.45, 2.75) is 43.4 Å². The molecule has 1 heterocycles. The van der Waals surface area contributed by atoms with Crippen LogP contribution in [0.25, 0.3) is 0 Å². The second-order valence-corrected chi connectivity index (χ2v) is 9.17. The van der Waals surface area contributed by atoms with E-state index in [1.807, 2.05) is 0 Å². The van der Waals surface area contributed by atoms with E-state index in [9.17, 15) is 26.4 Å². The molecule has 0 bridgehead atoms. The number of alkyl halides is 3. The molecule has 6 nitrogen and oxygen atoms in total. The van der Waals surface area contributed by atoms with Crippen LogP contribution in [0.5, 0.6) is 5.75 Å². The summed E-state index contributed by atoms with van der Waals surface area (Å²) in [6, 6.07) is 10.3. The number of nitrogens with one attached hydrogen (secondary N) is 1. The predicted octanol–water partition coefficient (Wildman–Crippen LogP) is 4.29. The van der Waals surface area contributed by atoms with Gasteiger partial charge in [0.15, 0.2) is 6.10 Å². The molecule has 0 spiro atoms.